The van der Waals surface area contributed by atoms with Crippen LogP contribution in [0.1, 0.15) is 50.6 Å². The molecule has 1 atom stereocenters. The normalized spacial score (nSPS) is 18.3. The summed E-state index contributed by atoms with van der Waals surface area (Å²) in [7, 11) is 0. The molecule has 1 aromatic heterocycles. The lowest BCUT2D eigenvalue weighted by Crippen LogP contribution is -2.32. The summed E-state index contributed by atoms with van der Waals surface area (Å²) in [5.41, 5.74) is 1.11. The first kappa shape index (κ1) is 18.3. The number of thioether (sulfide) groups is 1. The number of rotatable bonds is 7. The molecule has 27 heavy (non-hydrogen) atoms. The number of nitrogens with zero attached hydrogens (tertiary/aromatic N) is 4. The van der Waals surface area contributed by atoms with Gasteiger partial charge in [0.2, 0.25) is 11.9 Å². The van der Waals surface area contributed by atoms with Crippen LogP contribution in [0.2, 0.25) is 0 Å². The van der Waals surface area contributed by atoms with E-state index < -0.39 is 0 Å². The zero-order chi connectivity index (χ0) is 18.6. The van der Waals surface area contributed by atoms with Crippen LogP contribution in [0, 0.1) is 0 Å². The number of carbonyl (C=O) groups is 1. The van der Waals surface area contributed by atoms with E-state index in [9.17, 15) is 4.79 Å². The summed E-state index contributed by atoms with van der Waals surface area (Å²) in [4.78, 5) is 14.9. The Morgan fingerprint density at radius 1 is 1.19 bits per heavy atom. The van der Waals surface area contributed by atoms with Crippen LogP contribution in [0.25, 0.3) is 0 Å². The van der Waals surface area contributed by atoms with Gasteiger partial charge >= 0.3 is 0 Å². The molecule has 0 radical (unpaired) electrons. The van der Waals surface area contributed by atoms with Crippen molar-refractivity contribution in [3.63, 3.8) is 0 Å². The van der Waals surface area contributed by atoms with E-state index in [-0.39, 0.29) is 11.2 Å². The Morgan fingerprint density at radius 2 is 1.93 bits per heavy atom. The first-order valence-corrected chi connectivity index (χ1v) is 10.8. The van der Waals surface area contributed by atoms with Gasteiger partial charge in [0.1, 0.15) is 0 Å². The Hall–Kier alpha value is -2.02. The first-order valence-electron chi connectivity index (χ1n) is 9.90. The van der Waals surface area contributed by atoms with E-state index in [2.05, 4.69) is 25.0 Å². The molecule has 4 rings (SSSR count). The maximum absolute atomic E-state index is 12.5. The van der Waals surface area contributed by atoms with Crippen molar-refractivity contribution in [3.8, 4) is 0 Å². The fourth-order valence-corrected chi connectivity index (χ4v) is 4.39. The number of aromatic nitrogens is 3. The van der Waals surface area contributed by atoms with Crippen molar-refractivity contribution in [2.75, 3.05) is 18.0 Å². The SMILES string of the molecule is CC(Sc1nnc(N2CCCCC2)n1C1CC1)C(=O)NCc1ccccc1. The molecule has 0 spiro atoms. The fraction of sp³-hybridized carbons (Fsp3) is 0.550. The maximum atomic E-state index is 12.5. The van der Waals surface area contributed by atoms with E-state index >= 15 is 0 Å². The van der Waals surface area contributed by atoms with Crippen LogP contribution in [0.3, 0.4) is 0 Å². The number of benzene rings is 1. The minimum absolute atomic E-state index is 0.0359. The van der Waals surface area contributed by atoms with Crippen LogP contribution in [-0.2, 0) is 11.3 Å². The Morgan fingerprint density at radius 3 is 2.63 bits per heavy atom. The molecule has 2 aromatic rings. The number of nitrogens with one attached hydrogen (secondary N) is 1. The molecule has 0 bridgehead atoms. The third-order valence-corrected chi connectivity index (χ3v) is 6.22. The molecule has 1 unspecified atom stereocenters. The molecule has 2 fully saturated rings. The summed E-state index contributed by atoms with van der Waals surface area (Å²) in [6.45, 7) is 4.61. The second-order valence-electron chi connectivity index (χ2n) is 7.39. The topological polar surface area (TPSA) is 63.1 Å². The van der Waals surface area contributed by atoms with Crippen LogP contribution in [-0.4, -0.2) is 39.0 Å². The highest BCUT2D eigenvalue weighted by molar-refractivity contribution is 8.00. The van der Waals surface area contributed by atoms with Gasteiger partial charge in [0.25, 0.3) is 0 Å². The largest absolute Gasteiger partial charge is 0.351 e. The summed E-state index contributed by atoms with van der Waals surface area (Å²) in [5.74, 6) is 1.03. The summed E-state index contributed by atoms with van der Waals surface area (Å²) in [5, 5.41) is 12.6. The van der Waals surface area contributed by atoms with E-state index in [1.807, 2.05) is 37.3 Å². The number of carbonyl (C=O) groups excluding carboxylic acids is 1. The van der Waals surface area contributed by atoms with Gasteiger partial charge in [-0.25, -0.2) is 0 Å². The number of anilines is 1. The van der Waals surface area contributed by atoms with E-state index in [0.29, 0.717) is 12.6 Å². The van der Waals surface area contributed by atoms with Crippen molar-refractivity contribution in [2.45, 2.75) is 62.0 Å². The molecule has 1 aliphatic carbocycles. The number of hydrogen-bond donors (Lipinski definition) is 1. The fourth-order valence-electron chi connectivity index (χ4n) is 3.45. The van der Waals surface area contributed by atoms with Gasteiger partial charge in [-0.3, -0.25) is 9.36 Å². The molecule has 1 saturated carbocycles. The average molecular weight is 386 g/mol. The molecule has 1 saturated heterocycles. The molecular formula is C20H27N5OS. The smallest absolute Gasteiger partial charge is 0.233 e. The second kappa shape index (κ2) is 8.33. The molecule has 6 nitrogen and oxygen atoms in total. The zero-order valence-electron chi connectivity index (χ0n) is 15.8. The molecular weight excluding hydrogens is 358 g/mol. The van der Waals surface area contributed by atoms with Crippen molar-refractivity contribution in [1.82, 2.24) is 20.1 Å². The van der Waals surface area contributed by atoms with Crippen molar-refractivity contribution in [2.24, 2.45) is 0 Å². The molecule has 2 aliphatic rings. The van der Waals surface area contributed by atoms with Crippen LogP contribution in [0.4, 0.5) is 5.95 Å². The highest BCUT2D eigenvalue weighted by atomic mass is 32.2. The van der Waals surface area contributed by atoms with Crippen molar-refractivity contribution >= 4 is 23.6 Å². The van der Waals surface area contributed by atoms with Crippen LogP contribution in [0.15, 0.2) is 35.5 Å². The summed E-state index contributed by atoms with van der Waals surface area (Å²) in [6, 6.07) is 10.5. The van der Waals surface area contributed by atoms with Crippen molar-refractivity contribution < 1.29 is 4.79 Å². The van der Waals surface area contributed by atoms with Gasteiger partial charge in [-0.1, -0.05) is 42.1 Å². The zero-order valence-corrected chi connectivity index (χ0v) is 16.6. The highest BCUT2D eigenvalue weighted by Gasteiger charge is 2.33. The van der Waals surface area contributed by atoms with Gasteiger partial charge < -0.3 is 10.2 Å². The third-order valence-electron chi connectivity index (χ3n) is 5.16. The average Bonchev–Trinajstić information content (AvgIpc) is 3.47. The monoisotopic (exact) mass is 385 g/mol. The van der Waals surface area contributed by atoms with E-state index in [1.165, 1.54) is 43.9 Å². The maximum Gasteiger partial charge on any atom is 0.233 e. The van der Waals surface area contributed by atoms with Gasteiger partial charge in [0.15, 0.2) is 5.16 Å². The Bertz CT molecular complexity index is 768. The number of amides is 1. The minimum atomic E-state index is -0.204. The lowest BCUT2D eigenvalue weighted by molar-refractivity contribution is -0.120. The molecule has 144 valence electrons. The standard InChI is InChI=1S/C20H27N5OS/c1-15(18(26)21-14-16-8-4-2-5-9-16)27-20-23-22-19(25(20)17-10-11-17)24-12-6-3-7-13-24/h2,4-5,8-9,15,17H,3,6-7,10-14H2,1H3,(H,21,26). The molecule has 1 amide bonds. The van der Waals surface area contributed by atoms with E-state index in [1.54, 1.807) is 0 Å². The van der Waals surface area contributed by atoms with Gasteiger partial charge in [0.05, 0.1) is 5.25 Å². The predicted octanol–water partition coefficient (Wildman–Crippen LogP) is 3.40. The molecule has 1 aliphatic heterocycles. The number of hydrogen-bond acceptors (Lipinski definition) is 5. The molecule has 7 heteroatoms. The second-order valence-corrected chi connectivity index (χ2v) is 8.70. The van der Waals surface area contributed by atoms with Gasteiger partial charge in [0, 0.05) is 25.7 Å². The van der Waals surface area contributed by atoms with Crippen molar-refractivity contribution in [1.29, 1.82) is 0 Å². The summed E-state index contributed by atoms with van der Waals surface area (Å²) in [6.07, 6.45) is 6.10. The summed E-state index contributed by atoms with van der Waals surface area (Å²) < 4.78 is 2.27. The Kier molecular flexibility index (Phi) is 5.66. The van der Waals surface area contributed by atoms with Crippen LogP contribution >= 0.6 is 11.8 Å². The Labute approximate surface area is 164 Å². The van der Waals surface area contributed by atoms with E-state index in [0.717, 1.165) is 29.8 Å². The minimum Gasteiger partial charge on any atom is -0.351 e. The predicted molar refractivity (Wildman–Crippen MR) is 108 cm³/mol. The first-order chi connectivity index (χ1) is 13.2. The molecule has 1 aromatic carbocycles. The van der Waals surface area contributed by atoms with Crippen LogP contribution in [0.5, 0.6) is 0 Å². The highest BCUT2D eigenvalue weighted by Crippen LogP contribution is 2.42. The lowest BCUT2D eigenvalue weighted by atomic mass is 10.1. The van der Waals surface area contributed by atoms with Gasteiger partial charge in [-0.15, -0.1) is 10.2 Å². The molecule has 1 N–H and O–H groups in total. The molecule has 2 heterocycles. The Balaban J connectivity index is 1.41. The quantitative estimate of drug-likeness (QED) is 0.740. The number of piperidine rings is 1. The van der Waals surface area contributed by atoms with E-state index in [4.69, 9.17) is 0 Å². The lowest BCUT2D eigenvalue weighted by Gasteiger charge is -2.28. The van der Waals surface area contributed by atoms with Gasteiger partial charge in [-0.2, -0.15) is 0 Å². The van der Waals surface area contributed by atoms with Crippen LogP contribution < -0.4 is 10.2 Å². The summed E-state index contributed by atoms with van der Waals surface area (Å²) >= 11 is 1.52. The third kappa shape index (κ3) is 4.46. The van der Waals surface area contributed by atoms with Gasteiger partial charge in [-0.05, 0) is 44.6 Å². The van der Waals surface area contributed by atoms with Crippen molar-refractivity contribution in [3.05, 3.63) is 35.9 Å².